The predicted molar refractivity (Wildman–Crippen MR) is 117 cm³/mol. The molecule has 0 radical (unpaired) electrons. The molecule has 0 N–H and O–H groups in total. The average molecular weight is 407 g/mol. The number of hydrogen-bond acceptors (Lipinski definition) is 4. The van der Waals surface area contributed by atoms with E-state index in [4.69, 9.17) is 9.72 Å². The van der Waals surface area contributed by atoms with Crippen LogP contribution in [0.5, 0.6) is 5.75 Å². The maximum absolute atomic E-state index is 12.4. The first-order chi connectivity index (χ1) is 14.7. The fraction of sp³-hybridized carbons (Fsp3) is 0.417. The lowest BCUT2D eigenvalue weighted by Crippen LogP contribution is -2.33. The number of piperidine rings is 1. The highest BCUT2D eigenvalue weighted by atomic mass is 19.1. The number of imidazole rings is 1. The van der Waals surface area contributed by atoms with Gasteiger partial charge in [0.1, 0.15) is 12.4 Å². The van der Waals surface area contributed by atoms with Crippen LogP contribution >= 0.6 is 0 Å². The van der Waals surface area contributed by atoms with Crippen molar-refractivity contribution < 1.29 is 9.13 Å². The van der Waals surface area contributed by atoms with E-state index in [1.165, 1.54) is 5.56 Å². The van der Waals surface area contributed by atoms with E-state index in [1.807, 2.05) is 23.7 Å². The third-order valence-electron chi connectivity index (χ3n) is 6.22. The van der Waals surface area contributed by atoms with Gasteiger partial charge in [-0.2, -0.15) is 0 Å². The number of aryl methyl sites for hydroxylation is 1. The highest BCUT2D eigenvalue weighted by molar-refractivity contribution is 5.84. The molecule has 0 unspecified atom stereocenters. The zero-order chi connectivity index (χ0) is 20.5. The number of rotatable bonds is 5. The maximum Gasteiger partial charge on any atom is 0.155 e. The second kappa shape index (κ2) is 8.19. The van der Waals surface area contributed by atoms with Gasteiger partial charge in [0.2, 0.25) is 0 Å². The number of hydrogen-bond donors (Lipinski definition) is 0. The molecule has 0 spiro atoms. The molecular weight excluding hydrogens is 379 g/mol. The standard InChI is InChI=1S/C24H27FN4O/c1-17-14-29-15-22(27-24(29)13-26-17)21-11-20-4-3-19(12-23(20)30-16-21)18-5-9-28(10-6-18)8-2-7-25/h3-4,11-15,18H,2,5-10,16H2,1H3. The number of likely N-dealkylation sites (tertiary alicyclic amines) is 1. The van der Waals surface area contributed by atoms with Gasteiger partial charge in [-0.3, -0.25) is 9.37 Å². The number of alkyl halides is 1. The van der Waals surface area contributed by atoms with Gasteiger partial charge >= 0.3 is 0 Å². The van der Waals surface area contributed by atoms with Crippen molar-refractivity contribution >= 4 is 17.3 Å². The second-order valence-corrected chi connectivity index (χ2v) is 8.33. The summed E-state index contributed by atoms with van der Waals surface area (Å²) in [6.45, 7) is 5.26. The summed E-state index contributed by atoms with van der Waals surface area (Å²) in [6.07, 6.45) is 10.9. The van der Waals surface area contributed by atoms with Crippen LogP contribution in [-0.2, 0) is 0 Å². The molecule has 2 aliphatic rings. The molecule has 2 aliphatic heterocycles. The second-order valence-electron chi connectivity index (χ2n) is 8.33. The van der Waals surface area contributed by atoms with Crippen molar-refractivity contribution in [3.63, 3.8) is 0 Å². The Hall–Kier alpha value is -2.73. The maximum atomic E-state index is 12.4. The van der Waals surface area contributed by atoms with Gasteiger partial charge in [0.15, 0.2) is 5.65 Å². The summed E-state index contributed by atoms with van der Waals surface area (Å²) in [7, 11) is 0. The van der Waals surface area contributed by atoms with E-state index in [9.17, 15) is 4.39 Å². The summed E-state index contributed by atoms with van der Waals surface area (Å²) in [5, 5.41) is 0. The van der Waals surface area contributed by atoms with E-state index in [0.717, 1.165) is 66.4 Å². The molecule has 2 aromatic heterocycles. The Labute approximate surface area is 176 Å². The molecule has 3 aromatic rings. The SMILES string of the molecule is Cc1cn2cc(C3=Cc4ccc(C5CCN(CCCF)CC5)cc4OC3)nc2cn1. The summed E-state index contributed by atoms with van der Waals surface area (Å²) in [5.41, 5.74) is 6.27. The molecule has 1 aromatic carbocycles. The molecule has 5 nitrogen and oxygen atoms in total. The van der Waals surface area contributed by atoms with E-state index in [0.29, 0.717) is 18.9 Å². The van der Waals surface area contributed by atoms with Crippen LogP contribution in [0.1, 0.15) is 47.7 Å². The molecule has 0 amide bonds. The number of aromatic nitrogens is 3. The molecule has 1 fully saturated rings. The molecule has 5 rings (SSSR count). The summed E-state index contributed by atoms with van der Waals surface area (Å²) >= 11 is 0. The quantitative estimate of drug-likeness (QED) is 0.625. The minimum Gasteiger partial charge on any atom is -0.488 e. The van der Waals surface area contributed by atoms with Gasteiger partial charge < -0.3 is 14.0 Å². The van der Waals surface area contributed by atoms with Gasteiger partial charge in [-0.15, -0.1) is 0 Å². The molecule has 6 heteroatoms. The number of halogens is 1. The van der Waals surface area contributed by atoms with Crippen molar-refractivity contribution in [2.75, 3.05) is 32.9 Å². The Morgan fingerprint density at radius 1 is 1.20 bits per heavy atom. The fourth-order valence-electron chi connectivity index (χ4n) is 4.51. The van der Waals surface area contributed by atoms with Gasteiger partial charge in [-0.05, 0) is 62.9 Å². The average Bonchev–Trinajstić information content (AvgIpc) is 3.20. The predicted octanol–water partition coefficient (Wildman–Crippen LogP) is 4.51. The van der Waals surface area contributed by atoms with Crippen molar-refractivity contribution in [3.05, 3.63) is 59.3 Å². The van der Waals surface area contributed by atoms with Crippen LogP contribution in [0.2, 0.25) is 0 Å². The van der Waals surface area contributed by atoms with E-state index in [-0.39, 0.29) is 6.67 Å². The summed E-state index contributed by atoms with van der Waals surface area (Å²) in [6, 6.07) is 6.61. The molecule has 1 saturated heterocycles. The van der Waals surface area contributed by atoms with Gasteiger partial charge in [-0.1, -0.05) is 12.1 Å². The zero-order valence-electron chi connectivity index (χ0n) is 17.4. The van der Waals surface area contributed by atoms with Crippen molar-refractivity contribution in [2.24, 2.45) is 0 Å². The molecule has 4 heterocycles. The first-order valence-electron chi connectivity index (χ1n) is 10.8. The van der Waals surface area contributed by atoms with Crippen molar-refractivity contribution in [1.29, 1.82) is 0 Å². The van der Waals surface area contributed by atoms with Crippen LogP contribution in [0.4, 0.5) is 4.39 Å². The lowest BCUT2D eigenvalue weighted by Gasteiger charge is -2.32. The van der Waals surface area contributed by atoms with Gasteiger partial charge in [-0.25, -0.2) is 4.98 Å². The Balaban J connectivity index is 1.32. The normalized spacial score (nSPS) is 17.6. The highest BCUT2D eigenvalue weighted by Gasteiger charge is 2.22. The van der Waals surface area contributed by atoms with E-state index in [1.54, 1.807) is 6.20 Å². The van der Waals surface area contributed by atoms with Crippen LogP contribution in [0.3, 0.4) is 0 Å². The van der Waals surface area contributed by atoms with E-state index >= 15 is 0 Å². The van der Waals surface area contributed by atoms with Gasteiger partial charge in [0.25, 0.3) is 0 Å². The van der Waals surface area contributed by atoms with E-state index < -0.39 is 0 Å². The van der Waals surface area contributed by atoms with Crippen LogP contribution in [0.25, 0.3) is 17.3 Å². The van der Waals surface area contributed by atoms with Gasteiger partial charge in [0.05, 0.1) is 24.3 Å². The highest BCUT2D eigenvalue weighted by Crippen LogP contribution is 2.35. The topological polar surface area (TPSA) is 42.7 Å². The zero-order valence-corrected chi connectivity index (χ0v) is 17.4. The number of ether oxygens (including phenoxy) is 1. The largest absolute Gasteiger partial charge is 0.488 e. The summed E-state index contributed by atoms with van der Waals surface area (Å²) in [5.74, 6) is 1.51. The monoisotopic (exact) mass is 406 g/mol. The third-order valence-corrected chi connectivity index (χ3v) is 6.22. The molecule has 30 heavy (non-hydrogen) atoms. The Morgan fingerprint density at radius 3 is 2.90 bits per heavy atom. The Kier molecular flexibility index (Phi) is 5.25. The smallest absolute Gasteiger partial charge is 0.155 e. The van der Waals surface area contributed by atoms with E-state index in [2.05, 4.69) is 34.2 Å². The Morgan fingerprint density at radius 2 is 2.07 bits per heavy atom. The first kappa shape index (κ1) is 19.2. The summed E-state index contributed by atoms with van der Waals surface area (Å²) in [4.78, 5) is 11.4. The first-order valence-corrected chi connectivity index (χ1v) is 10.8. The number of fused-ring (bicyclic) bond motifs is 2. The van der Waals surface area contributed by atoms with Crippen molar-refractivity contribution in [1.82, 2.24) is 19.3 Å². The lowest BCUT2D eigenvalue weighted by molar-refractivity contribution is 0.204. The van der Waals surface area contributed by atoms with Gasteiger partial charge in [0, 0.05) is 30.1 Å². The molecule has 156 valence electrons. The minimum absolute atomic E-state index is 0.219. The third kappa shape index (κ3) is 3.84. The molecule has 0 saturated carbocycles. The number of benzene rings is 1. The van der Waals surface area contributed by atoms with Crippen LogP contribution < -0.4 is 4.74 Å². The molecule has 0 atom stereocenters. The van der Waals surface area contributed by atoms with Crippen molar-refractivity contribution in [3.8, 4) is 5.75 Å². The fourth-order valence-corrected chi connectivity index (χ4v) is 4.51. The molecule has 0 aliphatic carbocycles. The van der Waals surface area contributed by atoms with Crippen LogP contribution in [0.15, 0.2) is 36.8 Å². The number of nitrogens with zero attached hydrogens (tertiary/aromatic N) is 4. The lowest BCUT2D eigenvalue weighted by atomic mass is 9.88. The van der Waals surface area contributed by atoms with Crippen LogP contribution in [0, 0.1) is 6.92 Å². The Bertz CT molecular complexity index is 1080. The summed E-state index contributed by atoms with van der Waals surface area (Å²) < 4.78 is 20.5. The van der Waals surface area contributed by atoms with Crippen molar-refractivity contribution in [2.45, 2.75) is 32.1 Å². The molecule has 0 bridgehead atoms. The minimum atomic E-state index is -0.219. The molecular formula is C24H27FN4O. The van der Waals surface area contributed by atoms with Crippen LogP contribution in [-0.4, -0.2) is 52.2 Å².